The second-order valence-corrected chi connectivity index (χ2v) is 5.15. The number of benzene rings is 1. The minimum Gasteiger partial charge on any atom is -0.435 e. The summed E-state index contributed by atoms with van der Waals surface area (Å²) < 4.78 is 0. The normalized spacial score (nSPS) is 12.9. The number of hydrogen-bond acceptors (Lipinski definition) is 1. The fraction of sp³-hybridized carbons (Fsp3) is 0.333. The molecule has 1 nitrogen and oxygen atoms in total. The molecule has 0 aromatic heterocycles. The van der Waals surface area contributed by atoms with Crippen molar-refractivity contribution >= 4 is 9.04 Å². The molecule has 0 aliphatic heterocycles. The van der Waals surface area contributed by atoms with Crippen LogP contribution in [-0.2, 0) is 6.42 Å². The van der Waals surface area contributed by atoms with Gasteiger partial charge >= 0.3 is 0 Å². The molecule has 0 saturated heterocycles. The van der Waals surface area contributed by atoms with Gasteiger partial charge in [-0.15, -0.1) is 0 Å². The van der Waals surface area contributed by atoms with E-state index in [-0.39, 0.29) is 0 Å². The maximum Gasteiger partial charge on any atom is 0.169 e. The van der Waals surface area contributed by atoms with E-state index in [9.17, 15) is 0 Å². The summed E-state index contributed by atoms with van der Waals surface area (Å²) in [6.07, 6.45) is 1.03. The molecule has 1 aromatic carbocycles. The van der Waals surface area contributed by atoms with E-state index in [0.29, 0.717) is 0 Å². The molecule has 0 radical (unpaired) electrons. The van der Waals surface area contributed by atoms with Crippen molar-refractivity contribution in [2.45, 2.75) is 19.0 Å². The zero-order chi connectivity index (χ0) is 8.10. The van der Waals surface area contributed by atoms with Crippen LogP contribution in [0.1, 0.15) is 5.56 Å². The van der Waals surface area contributed by atoms with Gasteiger partial charge in [-0.05, 0) is 24.6 Å². The molecule has 1 atom stereocenters. The Kier molecular flexibility index (Phi) is 3.33. The van der Waals surface area contributed by atoms with Crippen LogP contribution in [0, 0.1) is 0 Å². The van der Waals surface area contributed by atoms with Gasteiger partial charge in [0.2, 0.25) is 0 Å². The standard InChI is InChI=1S/C9H14OSi/c1-11(10)8-7-9-5-3-2-4-6-9/h2-6,10-11H,7-8H2,1H3. The minimum atomic E-state index is -1.34. The van der Waals surface area contributed by atoms with Crippen LogP contribution in [0.4, 0.5) is 0 Å². The van der Waals surface area contributed by atoms with Gasteiger partial charge in [-0.1, -0.05) is 30.3 Å². The van der Waals surface area contributed by atoms with Crippen LogP contribution < -0.4 is 0 Å². The van der Waals surface area contributed by atoms with Gasteiger partial charge in [-0.3, -0.25) is 0 Å². The molecule has 0 heterocycles. The molecular formula is C9H14OSi. The zero-order valence-corrected chi connectivity index (χ0v) is 7.98. The van der Waals surface area contributed by atoms with E-state index >= 15 is 0 Å². The lowest BCUT2D eigenvalue weighted by molar-refractivity contribution is 0.575. The fourth-order valence-electron chi connectivity index (χ4n) is 1.02. The summed E-state index contributed by atoms with van der Waals surface area (Å²) >= 11 is 0. The number of rotatable bonds is 3. The fourth-order valence-corrected chi connectivity index (χ4v) is 1.77. The van der Waals surface area contributed by atoms with Crippen LogP contribution in [0.3, 0.4) is 0 Å². The number of aryl methyl sites for hydroxylation is 1. The molecule has 2 heteroatoms. The Morgan fingerprint density at radius 1 is 1.27 bits per heavy atom. The summed E-state index contributed by atoms with van der Waals surface area (Å²) in [6.45, 7) is 1.96. The lowest BCUT2D eigenvalue weighted by atomic mass is 10.2. The molecule has 0 fully saturated rings. The van der Waals surface area contributed by atoms with Gasteiger partial charge in [-0.25, -0.2) is 0 Å². The van der Waals surface area contributed by atoms with Crippen LogP contribution in [-0.4, -0.2) is 13.8 Å². The molecule has 1 unspecified atom stereocenters. The minimum absolute atomic E-state index is 0.990. The largest absolute Gasteiger partial charge is 0.435 e. The van der Waals surface area contributed by atoms with E-state index < -0.39 is 9.04 Å². The van der Waals surface area contributed by atoms with E-state index in [0.717, 1.165) is 12.5 Å². The third kappa shape index (κ3) is 3.35. The Morgan fingerprint density at radius 3 is 2.45 bits per heavy atom. The maximum absolute atomic E-state index is 9.15. The first kappa shape index (κ1) is 8.49. The molecular weight excluding hydrogens is 152 g/mol. The van der Waals surface area contributed by atoms with E-state index in [1.165, 1.54) is 5.56 Å². The van der Waals surface area contributed by atoms with Crippen LogP contribution in [0.15, 0.2) is 30.3 Å². The third-order valence-electron chi connectivity index (χ3n) is 1.69. The van der Waals surface area contributed by atoms with Crippen molar-refractivity contribution < 1.29 is 4.80 Å². The van der Waals surface area contributed by atoms with Crippen molar-refractivity contribution in [2.24, 2.45) is 0 Å². The average molecular weight is 166 g/mol. The molecule has 11 heavy (non-hydrogen) atoms. The molecule has 0 aliphatic rings. The summed E-state index contributed by atoms with van der Waals surface area (Å²) in [5, 5.41) is 0. The lowest BCUT2D eigenvalue weighted by Crippen LogP contribution is -2.05. The van der Waals surface area contributed by atoms with Gasteiger partial charge in [0.15, 0.2) is 9.04 Å². The third-order valence-corrected chi connectivity index (χ3v) is 2.82. The highest BCUT2D eigenvalue weighted by Crippen LogP contribution is 2.03. The molecule has 1 N–H and O–H groups in total. The highest BCUT2D eigenvalue weighted by molar-refractivity contribution is 6.48. The van der Waals surface area contributed by atoms with Gasteiger partial charge in [0.05, 0.1) is 0 Å². The lowest BCUT2D eigenvalue weighted by Gasteiger charge is -2.01. The first-order chi connectivity index (χ1) is 5.29. The summed E-state index contributed by atoms with van der Waals surface area (Å²) in [7, 11) is -1.34. The molecule has 1 aromatic rings. The van der Waals surface area contributed by atoms with Crippen molar-refractivity contribution in [2.75, 3.05) is 0 Å². The van der Waals surface area contributed by atoms with Gasteiger partial charge in [0.1, 0.15) is 0 Å². The van der Waals surface area contributed by atoms with E-state index in [4.69, 9.17) is 4.80 Å². The first-order valence-electron chi connectivity index (χ1n) is 4.01. The maximum atomic E-state index is 9.15. The Bertz CT molecular complexity index is 196. The van der Waals surface area contributed by atoms with E-state index in [1.807, 2.05) is 24.7 Å². The number of hydrogen-bond donors (Lipinski definition) is 1. The topological polar surface area (TPSA) is 20.2 Å². The van der Waals surface area contributed by atoms with Crippen molar-refractivity contribution in [3.63, 3.8) is 0 Å². The molecule has 0 bridgehead atoms. The van der Waals surface area contributed by atoms with Crippen molar-refractivity contribution in [3.05, 3.63) is 35.9 Å². The molecule has 0 saturated carbocycles. The monoisotopic (exact) mass is 166 g/mol. The van der Waals surface area contributed by atoms with E-state index in [2.05, 4.69) is 12.1 Å². The van der Waals surface area contributed by atoms with Crippen LogP contribution >= 0.6 is 0 Å². The van der Waals surface area contributed by atoms with Gasteiger partial charge < -0.3 is 4.80 Å². The molecule has 1 rings (SSSR count). The Morgan fingerprint density at radius 2 is 1.91 bits per heavy atom. The predicted octanol–water partition coefficient (Wildman–Crippen LogP) is 1.57. The smallest absolute Gasteiger partial charge is 0.169 e. The highest BCUT2D eigenvalue weighted by atomic mass is 28.3. The molecule has 0 amide bonds. The summed E-state index contributed by atoms with van der Waals surface area (Å²) in [4.78, 5) is 9.15. The van der Waals surface area contributed by atoms with Gasteiger partial charge in [0.25, 0.3) is 0 Å². The van der Waals surface area contributed by atoms with Crippen LogP contribution in [0.25, 0.3) is 0 Å². The molecule has 0 aliphatic carbocycles. The van der Waals surface area contributed by atoms with Gasteiger partial charge in [-0.2, -0.15) is 0 Å². The van der Waals surface area contributed by atoms with E-state index in [1.54, 1.807) is 0 Å². The highest BCUT2D eigenvalue weighted by Gasteiger charge is 1.98. The second kappa shape index (κ2) is 4.31. The Labute approximate surface area is 69.4 Å². The zero-order valence-electron chi connectivity index (χ0n) is 6.83. The predicted molar refractivity (Wildman–Crippen MR) is 50.2 cm³/mol. The van der Waals surface area contributed by atoms with Crippen LogP contribution in [0.5, 0.6) is 0 Å². The Balaban J connectivity index is 2.39. The summed E-state index contributed by atoms with van der Waals surface area (Å²) in [5.41, 5.74) is 1.33. The van der Waals surface area contributed by atoms with Crippen molar-refractivity contribution in [3.8, 4) is 0 Å². The van der Waals surface area contributed by atoms with Crippen LogP contribution in [0.2, 0.25) is 12.6 Å². The van der Waals surface area contributed by atoms with Crippen molar-refractivity contribution in [1.29, 1.82) is 0 Å². The summed E-state index contributed by atoms with van der Waals surface area (Å²) in [6, 6.07) is 11.3. The first-order valence-corrected chi connectivity index (χ1v) is 6.50. The second-order valence-electron chi connectivity index (χ2n) is 2.87. The van der Waals surface area contributed by atoms with Crippen molar-refractivity contribution in [1.82, 2.24) is 0 Å². The molecule has 60 valence electrons. The SMILES string of the molecule is C[SiH](O)CCc1ccccc1. The summed E-state index contributed by atoms with van der Waals surface area (Å²) in [5.74, 6) is 0. The average Bonchev–Trinajstić information content (AvgIpc) is 2.03. The quantitative estimate of drug-likeness (QED) is 0.676. The Hall–Kier alpha value is -0.603. The molecule has 0 spiro atoms. The van der Waals surface area contributed by atoms with Gasteiger partial charge in [0, 0.05) is 0 Å².